The molecule has 0 radical (unpaired) electrons. The van der Waals surface area contributed by atoms with Crippen molar-refractivity contribution in [1.29, 1.82) is 5.26 Å². The van der Waals surface area contributed by atoms with E-state index in [0.717, 1.165) is 4.88 Å². The second-order valence-electron chi connectivity index (χ2n) is 7.01. The first-order chi connectivity index (χ1) is 12.3. The third-order valence-electron chi connectivity index (χ3n) is 4.81. The molecule has 0 bridgehead atoms. The van der Waals surface area contributed by atoms with E-state index in [0.29, 0.717) is 0 Å². The number of nitrogens with zero attached hydrogens (tertiary/aromatic N) is 1. The van der Waals surface area contributed by atoms with Crippen LogP contribution in [-0.4, -0.2) is 5.78 Å². The molecule has 5 heteroatoms. The molecule has 0 spiro atoms. The highest BCUT2D eigenvalue weighted by Gasteiger charge is 2.39. The number of nitriles is 1. The monoisotopic (exact) mass is 395 g/mol. The molecule has 0 atom stereocenters. The first-order valence-electron chi connectivity index (χ1n) is 8.30. The maximum absolute atomic E-state index is 11.6. The van der Waals surface area contributed by atoms with Crippen molar-refractivity contribution in [2.75, 3.05) is 0 Å². The summed E-state index contributed by atoms with van der Waals surface area (Å²) in [5, 5.41) is 9.17. The zero-order chi connectivity index (χ0) is 18.6. The fourth-order valence-corrected chi connectivity index (χ4v) is 7.01. The molecule has 0 saturated carbocycles. The topological polar surface area (TPSA) is 40.9 Å². The Morgan fingerprint density at radius 1 is 1.08 bits per heavy atom. The Hall–Kier alpha value is -2.00. The van der Waals surface area contributed by atoms with Crippen LogP contribution >= 0.6 is 34.0 Å². The molecule has 3 aromatic heterocycles. The fourth-order valence-electron chi connectivity index (χ4n) is 3.33. The number of thiophene rings is 3. The van der Waals surface area contributed by atoms with Crippen LogP contribution in [0.3, 0.4) is 0 Å². The highest BCUT2D eigenvalue weighted by Crippen LogP contribution is 2.57. The van der Waals surface area contributed by atoms with Crippen LogP contribution in [0.15, 0.2) is 29.8 Å². The smallest absolute Gasteiger partial charge is 0.170 e. The van der Waals surface area contributed by atoms with Crippen molar-refractivity contribution in [2.24, 2.45) is 0 Å². The van der Waals surface area contributed by atoms with Crippen molar-refractivity contribution >= 4 is 45.9 Å². The molecule has 26 heavy (non-hydrogen) atoms. The lowest BCUT2D eigenvalue weighted by Crippen LogP contribution is -2.13. The summed E-state index contributed by atoms with van der Waals surface area (Å²) in [6, 6.07) is 10.8. The lowest BCUT2D eigenvalue weighted by molar-refractivity contribution is -0.113. The fraction of sp³-hybridized carbons (Fsp3) is 0.238. The molecule has 3 aromatic rings. The van der Waals surface area contributed by atoms with Crippen LogP contribution in [0.4, 0.5) is 0 Å². The van der Waals surface area contributed by atoms with Crippen molar-refractivity contribution in [3.63, 3.8) is 0 Å². The lowest BCUT2D eigenvalue weighted by Gasteiger charge is -2.19. The van der Waals surface area contributed by atoms with Gasteiger partial charge in [0.05, 0.1) is 5.57 Å². The number of hydrogen-bond donors (Lipinski definition) is 0. The molecule has 0 N–H and O–H groups in total. The second kappa shape index (κ2) is 6.02. The molecule has 1 aliphatic carbocycles. The molecule has 2 nitrogen and oxygen atoms in total. The van der Waals surface area contributed by atoms with Gasteiger partial charge in [-0.25, -0.2) is 0 Å². The largest absolute Gasteiger partial charge is 0.294 e. The number of carbonyl (C=O) groups excluding carboxylic acids is 1. The molecule has 130 valence electrons. The molecule has 3 heterocycles. The van der Waals surface area contributed by atoms with Crippen LogP contribution in [0.5, 0.6) is 0 Å². The minimum Gasteiger partial charge on any atom is -0.294 e. The molecule has 0 aliphatic heterocycles. The molecule has 0 aromatic carbocycles. The summed E-state index contributed by atoms with van der Waals surface area (Å²) < 4.78 is 0. The van der Waals surface area contributed by atoms with Crippen molar-refractivity contribution in [3.05, 3.63) is 50.7 Å². The maximum Gasteiger partial charge on any atom is 0.170 e. The number of allylic oxidation sites excluding steroid dienone is 1. The molecular formula is C21H17NOS3. The van der Waals surface area contributed by atoms with Crippen LogP contribution in [0, 0.1) is 18.3 Å². The van der Waals surface area contributed by atoms with Gasteiger partial charge in [-0.15, -0.1) is 34.0 Å². The highest BCUT2D eigenvalue weighted by molar-refractivity contribution is 7.27. The number of ketones is 1. The molecule has 0 amide bonds. The Kier molecular flexibility index (Phi) is 4.03. The van der Waals surface area contributed by atoms with Crippen LogP contribution in [0.1, 0.15) is 41.7 Å². The maximum atomic E-state index is 11.6. The van der Waals surface area contributed by atoms with E-state index in [-0.39, 0.29) is 16.8 Å². The van der Waals surface area contributed by atoms with Gasteiger partial charge in [0, 0.05) is 34.7 Å². The summed E-state index contributed by atoms with van der Waals surface area (Å²) in [5.41, 5.74) is 2.83. The lowest BCUT2D eigenvalue weighted by atomic mass is 9.84. The van der Waals surface area contributed by atoms with E-state index in [1.165, 1.54) is 42.4 Å². The summed E-state index contributed by atoms with van der Waals surface area (Å²) in [7, 11) is 0. The van der Waals surface area contributed by atoms with Gasteiger partial charge >= 0.3 is 0 Å². The summed E-state index contributed by atoms with van der Waals surface area (Å²) in [5.74, 6) is -0.188. The number of aryl methyl sites for hydroxylation is 1. The van der Waals surface area contributed by atoms with E-state index in [1.807, 2.05) is 28.7 Å². The van der Waals surface area contributed by atoms with Gasteiger partial charge in [-0.05, 0) is 55.3 Å². The molecule has 1 aliphatic rings. The Bertz CT molecular complexity index is 1110. The van der Waals surface area contributed by atoms with Gasteiger partial charge in [0.25, 0.3) is 0 Å². The van der Waals surface area contributed by atoms with Crippen LogP contribution < -0.4 is 0 Å². The third-order valence-corrected chi connectivity index (χ3v) is 8.38. The summed E-state index contributed by atoms with van der Waals surface area (Å²) in [6.45, 7) is 8.08. The molecule has 0 saturated heterocycles. The average Bonchev–Trinajstić information content (AvgIpc) is 3.30. The Morgan fingerprint density at radius 3 is 2.38 bits per heavy atom. The van der Waals surface area contributed by atoms with E-state index in [4.69, 9.17) is 5.26 Å². The molecule has 0 fully saturated rings. The molecule has 4 rings (SSSR count). The standard InChI is InChI=1S/C21H17NOS3/c1-11-5-6-17(24-11)18-9-16-20(26-18)19-15(21(16,3)4)8-14(25-19)7-13(10-22)12(2)23/h5-9H,1-4H3/b13-7+. The molecule has 0 unspecified atom stereocenters. The third kappa shape index (κ3) is 2.61. The van der Waals surface area contributed by atoms with Gasteiger partial charge in [0.15, 0.2) is 5.78 Å². The minimum absolute atomic E-state index is 0.0582. The van der Waals surface area contributed by atoms with Gasteiger partial charge in [0.2, 0.25) is 0 Å². The Labute approximate surface area is 165 Å². The van der Waals surface area contributed by atoms with E-state index < -0.39 is 0 Å². The number of Topliss-reactive ketones (excluding diaryl/α,β-unsaturated/α-hetero) is 1. The van der Waals surface area contributed by atoms with Crippen LogP contribution in [0.25, 0.3) is 25.6 Å². The number of rotatable bonds is 3. The van der Waals surface area contributed by atoms with Crippen molar-refractivity contribution in [1.82, 2.24) is 0 Å². The second-order valence-corrected chi connectivity index (χ2v) is 10.4. The SMILES string of the molecule is CC(=O)/C(C#N)=C/c1cc2c(s1)-c1sc(-c3ccc(C)s3)cc1C2(C)C. The van der Waals surface area contributed by atoms with E-state index in [1.54, 1.807) is 17.4 Å². The quantitative estimate of drug-likeness (QED) is 0.368. The zero-order valence-corrected chi connectivity index (χ0v) is 17.4. The first kappa shape index (κ1) is 17.4. The van der Waals surface area contributed by atoms with Gasteiger partial charge in [0.1, 0.15) is 6.07 Å². The van der Waals surface area contributed by atoms with E-state index in [2.05, 4.69) is 45.0 Å². The normalized spacial score (nSPS) is 14.8. The summed E-state index contributed by atoms with van der Waals surface area (Å²) in [4.78, 5) is 19.1. The van der Waals surface area contributed by atoms with E-state index in [9.17, 15) is 4.79 Å². The zero-order valence-electron chi connectivity index (χ0n) is 15.0. The molecular weight excluding hydrogens is 378 g/mol. The summed E-state index contributed by atoms with van der Waals surface area (Å²) in [6.07, 6.45) is 1.72. The van der Waals surface area contributed by atoms with Gasteiger partial charge < -0.3 is 0 Å². The average molecular weight is 396 g/mol. The minimum atomic E-state index is -0.188. The highest BCUT2D eigenvalue weighted by atomic mass is 32.1. The van der Waals surface area contributed by atoms with Crippen molar-refractivity contribution in [2.45, 2.75) is 33.1 Å². The Balaban J connectivity index is 1.83. The first-order valence-corrected chi connectivity index (χ1v) is 10.7. The predicted molar refractivity (Wildman–Crippen MR) is 112 cm³/mol. The van der Waals surface area contributed by atoms with E-state index >= 15 is 0 Å². The summed E-state index contributed by atoms with van der Waals surface area (Å²) >= 11 is 5.35. The van der Waals surface area contributed by atoms with Crippen molar-refractivity contribution in [3.8, 4) is 25.6 Å². The number of carbonyl (C=O) groups is 1. The van der Waals surface area contributed by atoms with Crippen LogP contribution in [0.2, 0.25) is 0 Å². The van der Waals surface area contributed by atoms with Crippen molar-refractivity contribution < 1.29 is 4.79 Å². The van der Waals surface area contributed by atoms with Gasteiger partial charge in [-0.3, -0.25) is 4.79 Å². The number of fused-ring (bicyclic) bond motifs is 3. The Morgan fingerprint density at radius 2 is 1.77 bits per heavy atom. The van der Waals surface area contributed by atoms with Crippen LogP contribution in [-0.2, 0) is 10.2 Å². The van der Waals surface area contributed by atoms with Gasteiger partial charge in [-0.2, -0.15) is 5.26 Å². The number of hydrogen-bond acceptors (Lipinski definition) is 5. The van der Waals surface area contributed by atoms with Gasteiger partial charge in [-0.1, -0.05) is 13.8 Å². The predicted octanol–water partition coefficient (Wildman–Crippen LogP) is 6.65.